The zero-order valence-corrected chi connectivity index (χ0v) is 13.0. The van der Waals surface area contributed by atoms with Crippen molar-refractivity contribution in [3.05, 3.63) is 34.3 Å². The van der Waals surface area contributed by atoms with Crippen LogP contribution in [0.15, 0.2) is 18.2 Å². The van der Waals surface area contributed by atoms with Gasteiger partial charge in [-0.3, -0.25) is 0 Å². The number of hydrogen-bond donors (Lipinski definition) is 1. The maximum absolute atomic E-state index is 6.19. The van der Waals surface area contributed by atoms with Crippen molar-refractivity contribution in [2.24, 2.45) is 11.8 Å². The summed E-state index contributed by atoms with van der Waals surface area (Å²) >= 11 is 6.19. The number of rotatable bonds is 6. The monoisotopic (exact) mass is 267 g/mol. The molecular formula is C16H26ClN. The van der Waals surface area contributed by atoms with Crippen LogP contribution in [0.5, 0.6) is 0 Å². The van der Waals surface area contributed by atoms with Crippen molar-refractivity contribution < 1.29 is 0 Å². The molecule has 1 aromatic carbocycles. The summed E-state index contributed by atoms with van der Waals surface area (Å²) < 4.78 is 0. The van der Waals surface area contributed by atoms with Crippen LogP contribution in [0.4, 0.5) is 0 Å². The van der Waals surface area contributed by atoms with Crippen molar-refractivity contribution in [2.45, 2.75) is 40.5 Å². The lowest BCUT2D eigenvalue weighted by atomic mass is 9.88. The van der Waals surface area contributed by atoms with Gasteiger partial charge in [0.2, 0.25) is 0 Å². The van der Waals surface area contributed by atoms with E-state index >= 15 is 0 Å². The Balaban J connectivity index is 2.56. The van der Waals surface area contributed by atoms with Crippen molar-refractivity contribution in [1.82, 2.24) is 5.32 Å². The van der Waals surface area contributed by atoms with Crippen LogP contribution in [-0.2, 0) is 0 Å². The fraction of sp³-hybridized carbons (Fsp3) is 0.625. The van der Waals surface area contributed by atoms with Crippen molar-refractivity contribution in [3.8, 4) is 0 Å². The van der Waals surface area contributed by atoms with Crippen LogP contribution in [0, 0.1) is 18.8 Å². The molecule has 0 saturated heterocycles. The second-order valence-corrected chi connectivity index (χ2v) is 6.23. The third-order valence-corrected chi connectivity index (χ3v) is 4.00. The summed E-state index contributed by atoms with van der Waals surface area (Å²) in [6, 6.07) is 6.42. The Hall–Kier alpha value is -0.530. The van der Waals surface area contributed by atoms with Gasteiger partial charge in [-0.05, 0) is 55.0 Å². The standard InChI is InChI=1S/C16H26ClN/c1-11(2)9-18-10-13(4)14(5)15-7-6-12(3)16(17)8-15/h6-8,11,13-14,18H,9-10H2,1-5H3. The SMILES string of the molecule is Cc1ccc(C(C)C(C)CNCC(C)C)cc1Cl. The van der Waals surface area contributed by atoms with Crippen LogP contribution >= 0.6 is 11.6 Å². The molecule has 0 aliphatic heterocycles. The molecule has 1 rings (SSSR count). The van der Waals surface area contributed by atoms with E-state index in [0.717, 1.165) is 23.7 Å². The van der Waals surface area contributed by atoms with Crippen molar-refractivity contribution >= 4 is 11.6 Å². The molecule has 2 heteroatoms. The Labute approximate surface area is 117 Å². The molecular weight excluding hydrogens is 242 g/mol. The van der Waals surface area contributed by atoms with Gasteiger partial charge in [-0.25, -0.2) is 0 Å². The summed E-state index contributed by atoms with van der Waals surface area (Å²) in [6.07, 6.45) is 0. The van der Waals surface area contributed by atoms with Crippen molar-refractivity contribution in [3.63, 3.8) is 0 Å². The predicted octanol–water partition coefficient (Wildman–Crippen LogP) is 4.63. The van der Waals surface area contributed by atoms with E-state index in [-0.39, 0.29) is 0 Å². The third-order valence-electron chi connectivity index (χ3n) is 3.59. The fourth-order valence-corrected chi connectivity index (χ4v) is 2.19. The Kier molecular flexibility index (Phi) is 6.17. The van der Waals surface area contributed by atoms with Gasteiger partial charge in [-0.15, -0.1) is 0 Å². The van der Waals surface area contributed by atoms with E-state index in [1.165, 1.54) is 5.56 Å². The van der Waals surface area contributed by atoms with E-state index in [0.29, 0.717) is 17.8 Å². The topological polar surface area (TPSA) is 12.0 Å². The maximum Gasteiger partial charge on any atom is 0.0438 e. The van der Waals surface area contributed by atoms with E-state index < -0.39 is 0 Å². The highest BCUT2D eigenvalue weighted by Crippen LogP contribution is 2.27. The molecule has 0 aromatic heterocycles. The highest BCUT2D eigenvalue weighted by atomic mass is 35.5. The van der Waals surface area contributed by atoms with Gasteiger partial charge in [0.25, 0.3) is 0 Å². The Morgan fingerprint density at radius 3 is 2.33 bits per heavy atom. The maximum atomic E-state index is 6.19. The molecule has 0 aliphatic carbocycles. The minimum absolute atomic E-state index is 0.530. The molecule has 0 radical (unpaired) electrons. The molecule has 1 aromatic rings. The summed E-state index contributed by atoms with van der Waals surface area (Å²) in [4.78, 5) is 0. The van der Waals surface area contributed by atoms with Crippen molar-refractivity contribution in [1.29, 1.82) is 0 Å². The first-order chi connectivity index (χ1) is 8.41. The number of nitrogens with one attached hydrogen (secondary N) is 1. The Morgan fingerprint density at radius 1 is 1.11 bits per heavy atom. The predicted molar refractivity (Wildman–Crippen MR) is 81.5 cm³/mol. The summed E-state index contributed by atoms with van der Waals surface area (Å²) in [5.74, 6) is 1.85. The molecule has 0 amide bonds. The van der Waals surface area contributed by atoms with Crippen molar-refractivity contribution in [2.75, 3.05) is 13.1 Å². The molecule has 0 fully saturated rings. The Morgan fingerprint density at radius 2 is 1.78 bits per heavy atom. The average Bonchev–Trinajstić information content (AvgIpc) is 2.31. The first-order valence-corrected chi connectivity index (χ1v) is 7.26. The molecule has 102 valence electrons. The highest BCUT2D eigenvalue weighted by Gasteiger charge is 2.14. The lowest BCUT2D eigenvalue weighted by Gasteiger charge is -2.22. The smallest absolute Gasteiger partial charge is 0.0438 e. The van der Waals surface area contributed by atoms with Crippen LogP contribution in [0.25, 0.3) is 0 Å². The molecule has 2 atom stereocenters. The summed E-state index contributed by atoms with van der Waals surface area (Å²) in [7, 11) is 0. The highest BCUT2D eigenvalue weighted by molar-refractivity contribution is 6.31. The molecule has 0 heterocycles. The van der Waals surface area contributed by atoms with Gasteiger partial charge in [0.1, 0.15) is 0 Å². The van der Waals surface area contributed by atoms with Gasteiger partial charge in [0.05, 0.1) is 0 Å². The zero-order valence-electron chi connectivity index (χ0n) is 12.3. The molecule has 2 unspecified atom stereocenters. The summed E-state index contributed by atoms with van der Waals surface area (Å²) in [5.41, 5.74) is 2.49. The zero-order chi connectivity index (χ0) is 13.7. The van der Waals surface area contributed by atoms with E-state index in [1.54, 1.807) is 0 Å². The largest absolute Gasteiger partial charge is 0.316 e. The normalized spacial score (nSPS) is 14.8. The summed E-state index contributed by atoms with van der Waals surface area (Å²) in [6.45, 7) is 13.2. The second-order valence-electron chi connectivity index (χ2n) is 5.83. The van der Waals surface area contributed by atoms with E-state index in [4.69, 9.17) is 11.6 Å². The van der Waals surface area contributed by atoms with Crippen LogP contribution in [-0.4, -0.2) is 13.1 Å². The Bertz CT molecular complexity index is 373. The first-order valence-electron chi connectivity index (χ1n) is 6.88. The van der Waals surface area contributed by atoms with Gasteiger partial charge in [-0.2, -0.15) is 0 Å². The van der Waals surface area contributed by atoms with E-state index in [2.05, 4.69) is 51.2 Å². The number of aryl methyl sites for hydroxylation is 1. The molecule has 0 spiro atoms. The number of benzene rings is 1. The molecule has 1 nitrogen and oxygen atoms in total. The fourth-order valence-electron chi connectivity index (χ4n) is 2.00. The third kappa shape index (κ3) is 4.62. The van der Waals surface area contributed by atoms with Gasteiger partial charge in [0.15, 0.2) is 0 Å². The lowest BCUT2D eigenvalue weighted by molar-refractivity contribution is 0.428. The van der Waals surface area contributed by atoms with Crippen LogP contribution in [0.3, 0.4) is 0 Å². The average molecular weight is 268 g/mol. The minimum Gasteiger partial charge on any atom is -0.316 e. The quantitative estimate of drug-likeness (QED) is 0.792. The summed E-state index contributed by atoms with van der Waals surface area (Å²) in [5, 5.41) is 4.40. The van der Waals surface area contributed by atoms with E-state index in [9.17, 15) is 0 Å². The van der Waals surface area contributed by atoms with E-state index in [1.807, 2.05) is 6.92 Å². The molecule has 0 bridgehead atoms. The first kappa shape index (κ1) is 15.5. The number of halogens is 1. The lowest BCUT2D eigenvalue weighted by Crippen LogP contribution is -2.27. The second kappa shape index (κ2) is 7.16. The number of hydrogen-bond acceptors (Lipinski definition) is 1. The van der Waals surface area contributed by atoms with Crippen LogP contribution < -0.4 is 5.32 Å². The van der Waals surface area contributed by atoms with Crippen LogP contribution in [0.1, 0.15) is 44.7 Å². The molecule has 1 N–H and O–H groups in total. The minimum atomic E-state index is 0.530. The molecule has 0 saturated carbocycles. The van der Waals surface area contributed by atoms with Gasteiger partial charge in [0, 0.05) is 5.02 Å². The van der Waals surface area contributed by atoms with Gasteiger partial charge < -0.3 is 5.32 Å². The van der Waals surface area contributed by atoms with Crippen LogP contribution in [0.2, 0.25) is 5.02 Å². The molecule has 18 heavy (non-hydrogen) atoms. The molecule has 0 aliphatic rings. The van der Waals surface area contributed by atoms with Gasteiger partial charge in [-0.1, -0.05) is 51.4 Å². The van der Waals surface area contributed by atoms with Gasteiger partial charge >= 0.3 is 0 Å².